The van der Waals surface area contributed by atoms with Gasteiger partial charge in [0.15, 0.2) is 5.69 Å². The minimum atomic E-state index is -0.248. The number of hydrogen-bond donors (Lipinski definition) is 1. The van der Waals surface area contributed by atoms with Gasteiger partial charge < -0.3 is 10.1 Å². The van der Waals surface area contributed by atoms with E-state index in [1.54, 1.807) is 22.8 Å². The van der Waals surface area contributed by atoms with Crippen LogP contribution in [0.3, 0.4) is 0 Å². The van der Waals surface area contributed by atoms with Crippen molar-refractivity contribution in [3.05, 3.63) is 109 Å². The van der Waals surface area contributed by atoms with Gasteiger partial charge in [-0.25, -0.2) is 14.3 Å². The Labute approximate surface area is 202 Å². The molecule has 0 aliphatic heterocycles. The topological polar surface area (TPSA) is 86.9 Å². The molecule has 1 atom stereocenters. The molecular weight excluding hydrogens is 440 g/mol. The molecule has 3 aromatic carbocycles. The first-order valence-corrected chi connectivity index (χ1v) is 11.2. The Morgan fingerprint density at radius 3 is 2.34 bits per heavy atom. The molecule has 0 bridgehead atoms. The number of carbonyl (C=O) groups is 1. The smallest absolute Gasteiger partial charge is 0.272 e. The molecule has 8 nitrogen and oxygen atoms in total. The predicted octanol–water partition coefficient (Wildman–Crippen LogP) is 4.62. The summed E-state index contributed by atoms with van der Waals surface area (Å²) in [5, 5.41) is 11.8. The summed E-state index contributed by atoms with van der Waals surface area (Å²) >= 11 is 0. The molecule has 2 heterocycles. The fraction of sp³-hybridized carbons (Fsp3) is 0.111. The molecule has 1 amide bonds. The lowest BCUT2D eigenvalue weighted by atomic mass is 10.1. The van der Waals surface area contributed by atoms with Gasteiger partial charge in [-0.2, -0.15) is 10.2 Å². The Kier molecular flexibility index (Phi) is 6.09. The van der Waals surface area contributed by atoms with E-state index in [-0.39, 0.29) is 11.9 Å². The van der Waals surface area contributed by atoms with Crippen molar-refractivity contribution in [2.75, 3.05) is 7.11 Å². The Bertz CT molecular complexity index is 1410. The van der Waals surface area contributed by atoms with E-state index in [0.29, 0.717) is 5.69 Å². The van der Waals surface area contributed by atoms with Crippen molar-refractivity contribution in [3.8, 4) is 28.4 Å². The zero-order chi connectivity index (χ0) is 24.2. The van der Waals surface area contributed by atoms with Crippen molar-refractivity contribution in [1.29, 1.82) is 0 Å². The van der Waals surface area contributed by atoms with E-state index in [1.807, 2.05) is 91.9 Å². The second kappa shape index (κ2) is 9.64. The summed E-state index contributed by atoms with van der Waals surface area (Å²) in [4.78, 5) is 17.2. The maximum absolute atomic E-state index is 13.2. The average Bonchev–Trinajstić information content (AvgIpc) is 3.60. The first-order chi connectivity index (χ1) is 17.1. The molecule has 8 heteroatoms. The van der Waals surface area contributed by atoms with Gasteiger partial charge in [-0.05, 0) is 67.1 Å². The van der Waals surface area contributed by atoms with E-state index >= 15 is 0 Å². The molecule has 5 rings (SSSR count). The molecule has 35 heavy (non-hydrogen) atoms. The third-order valence-corrected chi connectivity index (χ3v) is 5.75. The van der Waals surface area contributed by atoms with Crippen molar-refractivity contribution in [2.24, 2.45) is 0 Å². The van der Waals surface area contributed by atoms with Gasteiger partial charge in [0.25, 0.3) is 5.91 Å². The van der Waals surface area contributed by atoms with Gasteiger partial charge in [0.05, 0.1) is 30.2 Å². The largest absolute Gasteiger partial charge is 0.497 e. The monoisotopic (exact) mass is 464 g/mol. The van der Waals surface area contributed by atoms with Crippen LogP contribution in [-0.4, -0.2) is 37.6 Å². The van der Waals surface area contributed by atoms with Crippen LogP contribution >= 0.6 is 0 Å². The number of nitrogens with zero attached hydrogens (tertiary/aromatic N) is 5. The molecule has 174 valence electrons. The van der Waals surface area contributed by atoms with Gasteiger partial charge in [0.2, 0.25) is 0 Å². The van der Waals surface area contributed by atoms with Crippen molar-refractivity contribution in [3.63, 3.8) is 0 Å². The van der Waals surface area contributed by atoms with Gasteiger partial charge in [-0.15, -0.1) is 0 Å². The van der Waals surface area contributed by atoms with Crippen molar-refractivity contribution >= 4 is 5.91 Å². The molecule has 0 aliphatic rings. The highest BCUT2D eigenvalue weighted by atomic mass is 16.5. The molecule has 0 fully saturated rings. The normalized spacial score (nSPS) is 11.7. The first-order valence-electron chi connectivity index (χ1n) is 11.2. The molecule has 0 saturated heterocycles. The summed E-state index contributed by atoms with van der Waals surface area (Å²) in [5.41, 5.74) is 4.82. The van der Waals surface area contributed by atoms with E-state index in [0.717, 1.165) is 33.9 Å². The number of methoxy groups -OCH3 is 1. The quantitative estimate of drug-likeness (QED) is 0.380. The summed E-state index contributed by atoms with van der Waals surface area (Å²) in [5.74, 6) is 0.517. The Morgan fingerprint density at radius 2 is 1.69 bits per heavy atom. The van der Waals surface area contributed by atoms with E-state index in [4.69, 9.17) is 4.74 Å². The SMILES string of the molecule is COc1ccc(-c2cc(C(=O)NC(C)c3ccc(-n4cncn4)cc3)nn2-c2ccccc2)cc1. The van der Waals surface area contributed by atoms with Crippen LogP contribution in [-0.2, 0) is 0 Å². The van der Waals surface area contributed by atoms with E-state index < -0.39 is 0 Å². The Morgan fingerprint density at radius 1 is 0.943 bits per heavy atom. The molecule has 5 aromatic rings. The molecule has 0 aliphatic carbocycles. The van der Waals surface area contributed by atoms with Crippen molar-refractivity contribution in [2.45, 2.75) is 13.0 Å². The zero-order valence-electron chi connectivity index (χ0n) is 19.4. The van der Waals surface area contributed by atoms with Gasteiger partial charge in [0, 0.05) is 5.56 Å². The van der Waals surface area contributed by atoms with E-state index in [1.165, 1.54) is 6.33 Å². The number of hydrogen-bond acceptors (Lipinski definition) is 5. The number of nitrogens with one attached hydrogen (secondary N) is 1. The second-order valence-electron chi connectivity index (χ2n) is 8.02. The molecule has 0 saturated carbocycles. The summed E-state index contributed by atoms with van der Waals surface area (Å²) in [6.45, 7) is 1.95. The number of rotatable bonds is 7. The second-order valence-corrected chi connectivity index (χ2v) is 8.02. The minimum Gasteiger partial charge on any atom is -0.497 e. The summed E-state index contributed by atoms with van der Waals surface area (Å²) in [6.07, 6.45) is 3.13. The fourth-order valence-corrected chi connectivity index (χ4v) is 3.84. The van der Waals surface area contributed by atoms with Crippen LogP contribution < -0.4 is 10.1 Å². The number of ether oxygens (including phenoxy) is 1. The molecular formula is C27H24N6O2. The lowest BCUT2D eigenvalue weighted by Crippen LogP contribution is -2.27. The standard InChI is InChI=1S/C27H24N6O2/c1-19(20-8-12-22(13-9-20)32-18-28-17-29-32)30-27(34)25-16-26(21-10-14-24(35-2)15-11-21)33(31-25)23-6-4-3-5-7-23/h3-19H,1-2H3,(H,30,34). The summed E-state index contributed by atoms with van der Waals surface area (Å²) in [7, 11) is 1.63. The highest BCUT2D eigenvalue weighted by Gasteiger charge is 2.19. The lowest BCUT2D eigenvalue weighted by Gasteiger charge is -2.14. The fourth-order valence-electron chi connectivity index (χ4n) is 3.84. The van der Waals surface area contributed by atoms with Crippen LogP contribution in [0.5, 0.6) is 5.75 Å². The van der Waals surface area contributed by atoms with Gasteiger partial charge >= 0.3 is 0 Å². The number of carbonyl (C=O) groups excluding carboxylic acids is 1. The van der Waals surface area contributed by atoms with E-state index in [2.05, 4.69) is 20.5 Å². The summed E-state index contributed by atoms with van der Waals surface area (Å²) < 4.78 is 8.75. The summed E-state index contributed by atoms with van der Waals surface area (Å²) in [6, 6.07) is 26.9. The maximum atomic E-state index is 13.2. The van der Waals surface area contributed by atoms with Gasteiger partial charge in [-0.3, -0.25) is 4.79 Å². The number of aromatic nitrogens is 5. The van der Waals surface area contributed by atoms with Crippen molar-refractivity contribution < 1.29 is 9.53 Å². The van der Waals surface area contributed by atoms with Crippen LogP contribution in [0.2, 0.25) is 0 Å². The molecule has 0 spiro atoms. The number of amides is 1. The Balaban J connectivity index is 1.40. The van der Waals surface area contributed by atoms with Gasteiger partial charge in [0.1, 0.15) is 18.4 Å². The highest BCUT2D eigenvalue weighted by Crippen LogP contribution is 2.26. The van der Waals surface area contributed by atoms with Crippen molar-refractivity contribution in [1.82, 2.24) is 29.9 Å². The predicted molar refractivity (Wildman–Crippen MR) is 133 cm³/mol. The van der Waals surface area contributed by atoms with Crippen LogP contribution in [0.15, 0.2) is 97.6 Å². The molecule has 1 N–H and O–H groups in total. The lowest BCUT2D eigenvalue weighted by molar-refractivity contribution is 0.0934. The average molecular weight is 465 g/mol. The minimum absolute atomic E-state index is 0.210. The molecule has 2 aromatic heterocycles. The zero-order valence-corrected chi connectivity index (χ0v) is 19.4. The molecule has 0 radical (unpaired) electrons. The van der Waals surface area contributed by atoms with Crippen LogP contribution in [0, 0.1) is 0 Å². The van der Waals surface area contributed by atoms with Crippen LogP contribution in [0.1, 0.15) is 29.0 Å². The third kappa shape index (κ3) is 4.67. The third-order valence-electron chi connectivity index (χ3n) is 5.75. The van der Waals surface area contributed by atoms with Gasteiger partial charge in [-0.1, -0.05) is 30.3 Å². The Hall–Kier alpha value is -4.72. The first kappa shape index (κ1) is 22.1. The maximum Gasteiger partial charge on any atom is 0.272 e. The van der Waals surface area contributed by atoms with Crippen LogP contribution in [0.25, 0.3) is 22.6 Å². The van der Waals surface area contributed by atoms with Crippen LogP contribution in [0.4, 0.5) is 0 Å². The van der Waals surface area contributed by atoms with E-state index in [9.17, 15) is 4.79 Å². The molecule has 1 unspecified atom stereocenters. The highest BCUT2D eigenvalue weighted by molar-refractivity contribution is 5.94. The number of benzene rings is 3. The number of para-hydroxylation sites is 1.